The van der Waals surface area contributed by atoms with Crippen LogP contribution < -0.4 is 11.1 Å². The molecule has 1 fully saturated rings. The fourth-order valence-electron chi connectivity index (χ4n) is 4.19. The summed E-state index contributed by atoms with van der Waals surface area (Å²) in [5, 5.41) is 7.43. The summed E-state index contributed by atoms with van der Waals surface area (Å²) in [5.41, 5.74) is 8.85. The monoisotopic (exact) mass is 445 g/mol. The number of pyridine rings is 1. The van der Waals surface area contributed by atoms with Crippen molar-refractivity contribution in [1.82, 2.24) is 34.0 Å². The Morgan fingerprint density at radius 2 is 2.00 bits per heavy atom. The van der Waals surface area contributed by atoms with Crippen LogP contribution in [-0.4, -0.2) is 72.8 Å². The van der Waals surface area contributed by atoms with Gasteiger partial charge in [-0.2, -0.15) is 4.98 Å². The van der Waals surface area contributed by atoms with Crippen molar-refractivity contribution in [3.8, 4) is 11.3 Å². The van der Waals surface area contributed by atoms with Gasteiger partial charge in [0.25, 0.3) is 6.43 Å². The molecule has 1 saturated heterocycles. The van der Waals surface area contributed by atoms with E-state index in [1.165, 1.54) is 4.57 Å². The Labute approximate surface area is 181 Å². The minimum absolute atomic E-state index is 0.198. The van der Waals surface area contributed by atoms with E-state index in [1.807, 2.05) is 11.9 Å². The van der Waals surface area contributed by atoms with Crippen molar-refractivity contribution in [2.75, 3.05) is 31.2 Å². The lowest BCUT2D eigenvalue weighted by Crippen LogP contribution is -2.30. The number of fused-ring (bicyclic) bond motifs is 2. The highest BCUT2D eigenvalue weighted by atomic mass is 19.3. The zero-order chi connectivity index (χ0) is 22.6. The molecule has 0 radical (unpaired) electrons. The molecule has 1 aliphatic rings. The molecule has 9 nitrogen and oxygen atoms in total. The van der Waals surface area contributed by atoms with Gasteiger partial charge in [-0.3, -0.25) is 0 Å². The smallest absolute Gasteiger partial charge is 0.256 e. The number of halogens is 3. The highest BCUT2D eigenvalue weighted by Crippen LogP contribution is 2.29. The largest absolute Gasteiger partial charge is 0.382 e. The van der Waals surface area contributed by atoms with Crippen LogP contribution in [0.15, 0.2) is 24.4 Å². The van der Waals surface area contributed by atoms with Crippen LogP contribution in [0.25, 0.3) is 27.9 Å². The lowest BCUT2D eigenvalue weighted by molar-refractivity contribution is 0.127. The van der Waals surface area contributed by atoms with Crippen LogP contribution in [0.4, 0.5) is 24.9 Å². The fourth-order valence-corrected chi connectivity index (χ4v) is 4.19. The number of nitrogens with two attached hydrogens (primary N) is 1. The van der Waals surface area contributed by atoms with Gasteiger partial charge in [0.05, 0.1) is 18.3 Å². The number of alkyl halides is 3. The molecule has 0 bridgehead atoms. The summed E-state index contributed by atoms with van der Waals surface area (Å²) >= 11 is 0. The molecule has 5 heterocycles. The van der Waals surface area contributed by atoms with Crippen molar-refractivity contribution in [3.05, 3.63) is 30.2 Å². The lowest BCUT2D eigenvalue weighted by atomic mass is 10.2. The second-order valence-electron chi connectivity index (χ2n) is 8.03. The third-order valence-electron chi connectivity index (χ3n) is 5.66. The normalized spacial score (nSPS) is 19.6. The standard InChI is InChI=1S/C20H22F3N9/c1-10-25-14-4-3-13(26-19(14)31(10)9-16(22)23)11-5-6-32-17(11)18(24)28-20(29-32)27-15-8-30(2)7-12(15)21/h3-6,12,15-16H,7-9H2,1-2H3,(H3,24,27,28,29)/t12-,15+/m0/s1. The van der Waals surface area contributed by atoms with Gasteiger partial charge in [0.2, 0.25) is 5.95 Å². The number of nitrogen functional groups attached to an aromatic ring is 1. The molecule has 3 N–H and O–H groups in total. The molecule has 168 valence electrons. The van der Waals surface area contributed by atoms with Gasteiger partial charge in [-0.1, -0.05) is 0 Å². The number of nitrogens with one attached hydrogen (secondary N) is 1. The number of aryl methyl sites for hydroxylation is 1. The van der Waals surface area contributed by atoms with E-state index < -0.39 is 25.2 Å². The fraction of sp³-hybridized carbons (Fsp3) is 0.400. The van der Waals surface area contributed by atoms with Gasteiger partial charge in [0, 0.05) is 24.8 Å². The second kappa shape index (κ2) is 7.62. The number of rotatable bonds is 5. The Hall–Kier alpha value is -3.41. The molecule has 0 aromatic carbocycles. The molecule has 0 unspecified atom stereocenters. The van der Waals surface area contributed by atoms with Crippen LogP contribution >= 0.6 is 0 Å². The SMILES string of the molecule is Cc1nc2ccc(-c3ccn4nc(N[C@@H]5CN(C)C[C@@H]5F)nc(N)c34)nc2n1CC(F)F. The van der Waals surface area contributed by atoms with Gasteiger partial charge in [0.1, 0.15) is 23.0 Å². The van der Waals surface area contributed by atoms with E-state index in [0.717, 1.165) is 0 Å². The maximum absolute atomic E-state index is 14.1. The molecule has 32 heavy (non-hydrogen) atoms. The van der Waals surface area contributed by atoms with Crippen molar-refractivity contribution in [1.29, 1.82) is 0 Å². The van der Waals surface area contributed by atoms with E-state index in [4.69, 9.17) is 5.73 Å². The van der Waals surface area contributed by atoms with Crippen LogP contribution in [-0.2, 0) is 6.54 Å². The molecule has 0 saturated carbocycles. The van der Waals surface area contributed by atoms with Crippen LogP contribution in [0.5, 0.6) is 0 Å². The topological polar surface area (TPSA) is 102 Å². The second-order valence-corrected chi connectivity index (χ2v) is 8.03. The van der Waals surface area contributed by atoms with Gasteiger partial charge in [-0.25, -0.2) is 27.7 Å². The lowest BCUT2D eigenvalue weighted by Gasteiger charge is -2.15. The van der Waals surface area contributed by atoms with E-state index in [9.17, 15) is 13.2 Å². The number of hydrogen-bond donors (Lipinski definition) is 2. The predicted octanol–water partition coefficient (Wildman–Crippen LogP) is 2.36. The summed E-state index contributed by atoms with van der Waals surface area (Å²) < 4.78 is 43.1. The summed E-state index contributed by atoms with van der Waals surface area (Å²) in [7, 11) is 1.85. The van der Waals surface area contributed by atoms with Crippen molar-refractivity contribution >= 4 is 28.4 Å². The first-order valence-electron chi connectivity index (χ1n) is 10.2. The number of aromatic nitrogens is 6. The minimum Gasteiger partial charge on any atom is -0.382 e. The van der Waals surface area contributed by atoms with Gasteiger partial charge >= 0.3 is 0 Å². The summed E-state index contributed by atoms with van der Waals surface area (Å²) in [4.78, 5) is 15.1. The molecule has 4 aromatic heterocycles. The van der Waals surface area contributed by atoms with Crippen molar-refractivity contribution in [2.45, 2.75) is 32.1 Å². The van der Waals surface area contributed by atoms with Crippen molar-refractivity contribution < 1.29 is 13.2 Å². The quantitative estimate of drug-likeness (QED) is 0.486. The predicted molar refractivity (Wildman–Crippen MR) is 114 cm³/mol. The minimum atomic E-state index is -2.52. The number of likely N-dealkylation sites (N-methyl/N-ethyl adjacent to an activating group) is 1. The Morgan fingerprint density at radius 1 is 1.19 bits per heavy atom. The molecule has 0 aliphatic carbocycles. The van der Waals surface area contributed by atoms with Gasteiger partial charge < -0.3 is 20.5 Å². The number of anilines is 2. The molecule has 2 atom stereocenters. The van der Waals surface area contributed by atoms with E-state index in [1.54, 1.807) is 35.8 Å². The maximum Gasteiger partial charge on any atom is 0.256 e. The molecular weight excluding hydrogens is 423 g/mol. The first-order chi connectivity index (χ1) is 15.3. The Morgan fingerprint density at radius 3 is 2.72 bits per heavy atom. The Kier molecular flexibility index (Phi) is 4.88. The summed E-state index contributed by atoms with van der Waals surface area (Å²) in [5.74, 6) is 0.895. The summed E-state index contributed by atoms with van der Waals surface area (Å²) in [6.45, 7) is 2.07. The number of hydrogen-bond acceptors (Lipinski definition) is 7. The third-order valence-corrected chi connectivity index (χ3v) is 5.66. The highest BCUT2D eigenvalue weighted by molar-refractivity contribution is 5.88. The van der Waals surface area contributed by atoms with Gasteiger partial charge in [-0.05, 0) is 32.2 Å². The molecule has 0 amide bonds. The zero-order valence-electron chi connectivity index (χ0n) is 17.5. The summed E-state index contributed by atoms with van der Waals surface area (Å²) in [6.07, 6.45) is -1.85. The molecule has 0 spiro atoms. The summed E-state index contributed by atoms with van der Waals surface area (Å²) in [6, 6.07) is 4.85. The molecule has 5 rings (SSSR count). The molecular formula is C20H22F3N9. The van der Waals surface area contributed by atoms with Crippen LogP contribution in [0.2, 0.25) is 0 Å². The number of nitrogens with zero attached hydrogens (tertiary/aromatic N) is 7. The Balaban J connectivity index is 1.53. The highest BCUT2D eigenvalue weighted by Gasteiger charge is 2.31. The van der Waals surface area contributed by atoms with E-state index in [0.29, 0.717) is 46.9 Å². The average molecular weight is 445 g/mol. The first-order valence-corrected chi connectivity index (χ1v) is 10.2. The first kappa shape index (κ1) is 20.5. The zero-order valence-corrected chi connectivity index (χ0v) is 17.5. The number of likely N-dealkylation sites (tertiary alicyclic amines) is 1. The Bertz CT molecular complexity index is 1300. The van der Waals surface area contributed by atoms with E-state index >= 15 is 0 Å². The molecule has 1 aliphatic heterocycles. The molecule has 12 heteroatoms. The van der Waals surface area contributed by atoms with Gasteiger partial charge in [0.15, 0.2) is 11.5 Å². The maximum atomic E-state index is 14.1. The van der Waals surface area contributed by atoms with Crippen LogP contribution in [0, 0.1) is 6.92 Å². The third kappa shape index (κ3) is 3.49. The van der Waals surface area contributed by atoms with Crippen LogP contribution in [0.3, 0.4) is 0 Å². The average Bonchev–Trinajstić information content (AvgIpc) is 3.37. The van der Waals surface area contributed by atoms with Crippen molar-refractivity contribution in [3.63, 3.8) is 0 Å². The van der Waals surface area contributed by atoms with E-state index in [-0.39, 0.29) is 11.8 Å². The van der Waals surface area contributed by atoms with Crippen LogP contribution in [0.1, 0.15) is 5.82 Å². The van der Waals surface area contributed by atoms with Crippen molar-refractivity contribution in [2.24, 2.45) is 0 Å². The number of imidazole rings is 1. The van der Waals surface area contributed by atoms with Gasteiger partial charge in [-0.15, -0.1) is 5.10 Å². The van der Waals surface area contributed by atoms with E-state index in [2.05, 4.69) is 25.4 Å². The molecule has 4 aromatic rings.